The molecule has 0 aliphatic heterocycles. The van der Waals surface area contributed by atoms with Gasteiger partial charge in [-0.3, -0.25) is 0 Å². The zero-order valence-corrected chi connectivity index (χ0v) is 13.7. The molecule has 0 saturated heterocycles. The average Bonchev–Trinajstić information content (AvgIpc) is 2.45. The number of phenols is 1. The van der Waals surface area contributed by atoms with Gasteiger partial charge in [0.05, 0.1) is 0 Å². The van der Waals surface area contributed by atoms with E-state index in [1.807, 2.05) is 19.1 Å². The fourth-order valence-electron chi connectivity index (χ4n) is 2.42. The van der Waals surface area contributed by atoms with Crippen molar-refractivity contribution in [2.45, 2.75) is 32.4 Å². The van der Waals surface area contributed by atoms with Gasteiger partial charge in [0.2, 0.25) is 0 Å². The number of benzene rings is 2. The molecule has 2 N–H and O–H groups in total. The number of hydrogen-bond donors (Lipinski definition) is 2. The van der Waals surface area contributed by atoms with Crippen molar-refractivity contribution < 1.29 is 9.50 Å². The summed E-state index contributed by atoms with van der Waals surface area (Å²) in [4.78, 5) is 0. The lowest BCUT2D eigenvalue weighted by molar-refractivity contribution is 0.421. The molecular formula is C17H19BrFNO. The zero-order valence-electron chi connectivity index (χ0n) is 12.1. The summed E-state index contributed by atoms with van der Waals surface area (Å²) in [6, 6.07) is 12.4. The standard InChI is InChI=1S/C17H19BrFNO/c1-3-16(12-4-6-13(18)7-5-12)20-11(2)15-9-8-14(19)10-17(15)21/h4-11,16,20-21H,3H2,1-2H3. The monoisotopic (exact) mass is 351 g/mol. The SMILES string of the molecule is CCC(NC(C)c1ccc(F)cc1O)c1ccc(Br)cc1. The molecule has 2 aromatic rings. The molecule has 0 amide bonds. The minimum atomic E-state index is -0.427. The van der Waals surface area contributed by atoms with Gasteiger partial charge in [0.25, 0.3) is 0 Å². The Hall–Kier alpha value is -1.39. The third-order valence-corrected chi connectivity index (χ3v) is 4.12. The highest BCUT2D eigenvalue weighted by Gasteiger charge is 2.16. The molecular weight excluding hydrogens is 333 g/mol. The van der Waals surface area contributed by atoms with Crippen molar-refractivity contribution >= 4 is 15.9 Å². The van der Waals surface area contributed by atoms with Crippen molar-refractivity contribution in [2.24, 2.45) is 0 Å². The molecule has 0 aromatic heterocycles. The summed E-state index contributed by atoms with van der Waals surface area (Å²) in [7, 11) is 0. The van der Waals surface area contributed by atoms with E-state index in [0.717, 1.165) is 17.0 Å². The van der Waals surface area contributed by atoms with E-state index >= 15 is 0 Å². The molecule has 0 bridgehead atoms. The molecule has 0 heterocycles. The summed E-state index contributed by atoms with van der Waals surface area (Å²) in [5.41, 5.74) is 1.89. The maximum Gasteiger partial charge on any atom is 0.126 e. The maximum absolute atomic E-state index is 13.1. The molecule has 4 heteroatoms. The lowest BCUT2D eigenvalue weighted by atomic mass is 10.0. The van der Waals surface area contributed by atoms with Crippen LogP contribution >= 0.6 is 15.9 Å². The summed E-state index contributed by atoms with van der Waals surface area (Å²) in [5.74, 6) is -0.441. The van der Waals surface area contributed by atoms with Gasteiger partial charge in [0.15, 0.2) is 0 Å². The summed E-state index contributed by atoms with van der Waals surface area (Å²) in [5, 5.41) is 13.3. The third kappa shape index (κ3) is 4.05. The number of hydrogen-bond acceptors (Lipinski definition) is 2. The first kappa shape index (κ1) is 16.0. The Balaban J connectivity index is 2.15. The Kier molecular flexibility index (Phi) is 5.37. The Labute approximate surface area is 133 Å². The number of halogens is 2. The van der Waals surface area contributed by atoms with E-state index in [1.54, 1.807) is 6.07 Å². The van der Waals surface area contributed by atoms with Crippen LogP contribution in [0.4, 0.5) is 4.39 Å². The van der Waals surface area contributed by atoms with Gasteiger partial charge < -0.3 is 10.4 Å². The van der Waals surface area contributed by atoms with Crippen LogP contribution in [-0.2, 0) is 0 Å². The van der Waals surface area contributed by atoms with Gasteiger partial charge in [-0.2, -0.15) is 0 Å². The maximum atomic E-state index is 13.1. The Morgan fingerprint density at radius 1 is 1.19 bits per heavy atom. The van der Waals surface area contributed by atoms with E-state index in [9.17, 15) is 9.50 Å². The number of phenolic OH excluding ortho intramolecular Hbond substituents is 1. The summed E-state index contributed by atoms with van der Waals surface area (Å²) in [6.07, 6.45) is 0.925. The second-order valence-corrected chi connectivity index (χ2v) is 6.02. The van der Waals surface area contributed by atoms with Crippen molar-refractivity contribution in [3.8, 4) is 5.75 Å². The van der Waals surface area contributed by atoms with Crippen LogP contribution in [0.1, 0.15) is 43.5 Å². The molecule has 0 radical (unpaired) electrons. The molecule has 21 heavy (non-hydrogen) atoms. The van der Waals surface area contributed by atoms with Crippen LogP contribution in [-0.4, -0.2) is 5.11 Å². The van der Waals surface area contributed by atoms with Gasteiger partial charge in [0, 0.05) is 28.2 Å². The molecule has 0 aliphatic rings. The summed E-state index contributed by atoms with van der Waals surface area (Å²) in [6.45, 7) is 4.07. The molecule has 112 valence electrons. The van der Waals surface area contributed by atoms with Gasteiger partial charge in [-0.05, 0) is 37.1 Å². The average molecular weight is 352 g/mol. The van der Waals surface area contributed by atoms with E-state index < -0.39 is 5.82 Å². The first-order valence-corrected chi connectivity index (χ1v) is 7.80. The van der Waals surface area contributed by atoms with Crippen LogP contribution in [0.5, 0.6) is 5.75 Å². The first-order valence-electron chi connectivity index (χ1n) is 7.01. The quantitative estimate of drug-likeness (QED) is 0.785. The van der Waals surface area contributed by atoms with Crippen LogP contribution in [0.3, 0.4) is 0 Å². The minimum absolute atomic E-state index is 0.0133. The van der Waals surface area contributed by atoms with Crippen LogP contribution in [0.25, 0.3) is 0 Å². The number of rotatable bonds is 5. The molecule has 2 rings (SSSR count). The fourth-order valence-corrected chi connectivity index (χ4v) is 2.68. The highest BCUT2D eigenvalue weighted by atomic mass is 79.9. The van der Waals surface area contributed by atoms with Crippen LogP contribution < -0.4 is 5.32 Å². The van der Waals surface area contributed by atoms with Crippen molar-refractivity contribution in [1.29, 1.82) is 0 Å². The van der Waals surface area contributed by atoms with Crippen LogP contribution in [0.15, 0.2) is 46.9 Å². The lowest BCUT2D eigenvalue weighted by Crippen LogP contribution is -2.24. The van der Waals surface area contributed by atoms with E-state index in [0.29, 0.717) is 5.56 Å². The van der Waals surface area contributed by atoms with Gasteiger partial charge in [0.1, 0.15) is 11.6 Å². The topological polar surface area (TPSA) is 32.3 Å². The van der Waals surface area contributed by atoms with Gasteiger partial charge >= 0.3 is 0 Å². The summed E-state index contributed by atoms with van der Waals surface area (Å²) < 4.78 is 14.1. The molecule has 2 unspecified atom stereocenters. The number of aromatic hydroxyl groups is 1. The van der Waals surface area contributed by atoms with E-state index in [1.165, 1.54) is 11.6 Å². The van der Waals surface area contributed by atoms with E-state index in [-0.39, 0.29) is 17.8 Å². The van der Waals surface area contributed by atoms with Gasteiger partial charge in [-0.25, -0.2) is 4.39 Å². The fraction of sp³-hybridized carbons (Fsp3) is 0.294. The smallest absolute Gasteiger partial charge is 0.126 e. The van der Waals surface area contributed by atoms with Crippen molar-refractivity contribution in [3.63, 3.8) is 0 Å². The van der Waals surface area contributed by atoms with E-state index in [2.05, 4.69) is 40.3 Å². The van der Waals surface area contributed by atoms with Crippen molar-refractivity contribution in [3.05, 3.63) is 63.9 Å². The zero-order chi connectivity index (χ0) is 15.4. The largest absolute Gasteiger partial charge is 0.508 e. The molecule has 2 atom stereocenters. The highest BCUT2D eigenvalue weighted by molar-refractivity contribution is 9.10. The second kappa shape index (κ2) is 7.05. The van der Waals surface area contributed by atoms with Crippen molar-refractivity contribution in [1.82, 2.24) is 5.32 Å². The first-order chi connectivity index (χ1) is 10.0. The van der Waals surface area contributed by atoms with E-state index in [4.69, 9.17) is 0 Å². The molecule has 2 aromatic carbocycles. The third-order valence-electron chi connectivity index (χ3n) is 3.59. The normalized spacial score (nSPS) is 13.9. The Morgan fingerprint density at radius 3 is 2.43 bits per heavy atom. The van der Waals surface area contributed by atoms with Gasteiger partial charge in [-0.15, -0.1) is 0 Å². The predicted octanol–water partition coefficient (Wildman–Crippen LogP) is 5.10. The molecule has 0 fully saturated rings. The Bertz CT molecular complexity index is 600. The molecule has 2 nitrogen and oxygen atoms in total. The molecule has 0 spiro atoms. The lowest BCUT2D eigenvalue weighted by Gasteiger charge is -2.23. The molecule has 0 saturated carbocycles. The highest BCUT2D eigenvalue weighted by Crippen LogP contribution is 2.28. The Morgan fingerprint density at radius 2 is 1.86 bits per heavy atom. The minimum Gasteiger partial charge on any atom is -0.508 e. The number of nitrogens with one attached hydrogen (secondary N) is 1. The predicted molar refractivity (Wildman–Crippen MR) is 86.8 cm³/mol. The second-order valence-electron chi connectivity index (χ2n) is 5.10. The van der Waals surface area contributed by atoms with Crippen LogP contribution in [0.2, 0.25) is 0 Å². The van der Waals surface area contributed by atoms with Crippen LogP contribution in [0, 0.1) is 5.82 Å². The summed E-state index contributed by atoms with van der Waals surface area (Å²) >= 11 is 3.43. The molecule has 0 aliphatic carbocycles. The van der Waals surface area contributed by atoms with Gasteiger partial charge in [-0.1, -0.05) is 41.1 Å². The van der Waals surface area contributed by atoms with Crippen molar-refractivity contribution in [2.75, 3.05) is 0 Å².